The standard InChI is InChI=1S/C38H53N3O3/c1-3-34(31-42)41(30-32-18-10-8-11-19-32)27-17-7-5-4-6-16-26-40-28-24-38(2,25-29-40)44-37(43)39-36-23-15-14-22-35(36)33-20-12-9-13-21-33/h8-15,18-23,34,42H,3-7,16-17,24-31H2,1-2H3,(H,39,43)/t34-/m1/s1. The van der Waals surface area contributed by atoms with E-state index in [4.69, 9.17) is 4.74 Å². The van der Waals surface area contributed by atoms with E-state index in [2.05, 4.69) is 59.3 Å². The highest BCUT2D eigenvalue weighted by Gasteiger charge is 2.33. The quantitative estimate of drug-likeness (QED) is 0.153. The summed E-state index contributed by atoms with van der Waals surface area (Å²) in [6.45, 7) is 9.45. The summed E-state index contributed by atoms with van der Waals surface area (Å²) in [5.74, 6) is 0. The lowest BCUT2D eigenvalue weighted by Crippen LogP contribution is -2.46. The van der Waals surface area contributed by atoms with Gasteiger partial charge in [0.25, 0.3) is 0 Å². The van der Waals surface area contributed by atoms with Crippen molar-refractivity contribution >= 4 is 11.8 Å². The van der Waals surface area contributed by atoms with Crippen molar-refractivity contribution in [3.63, 3.8) is 0 Å². The molecule has 3 aromatic rings. The first kappa shape index (κ1) is 33.7. The van der Waals surface area contributed by atoms with Crippen molar-refractivity contribution in [3.05, 3.63) is 90.5 Å². The Morgan fingerprint density at radius 3 is 2.18 bits per heavy atom. The number of amides is 1. The molecule has 0 bridgehead atoms. The zero-order valence-corrected chi connectivity index (χ0v) is 26.9. The Kier molecular flexibility index (Phi) is 13.7. The summed E-state index contributed by atoms with van der Waals surface area (Å²) in [5, 5.41) is 12.9. The van der Waals surface area contributed by atoms with E-state index < -0.39 is 5.60 Å². The second kappa shape index (κ2) is 17.9. The Labute approximate surface area is 265 Å². The van der Waals surface area contributed by atoms with E-state index in [0.717, 1.165) is 68.8 Å². The third-order valence-corrected chi connectivity index (χ3v) is 9.10. The molecule has 0 unspecified atom stereocenters. The Morgan fingerprint density at radius 2 is 1.50 bits per heavy atom. The third kappa shape index (κ3) is 10.8. The van der Waals surface area contributed by atoms with Gasteiger partial charge in [0.05, 0.1) is 12.3 Å². The first-order chi connectivity index (χ1) is 21.5. The van der Waals surface area contributed by atoms with Gasteiger partial charge in [-0.2, -0.15) is 0 Å². The molecule has 6 nitrogen and oxygen atoms in total. The summed E-state index contributed by atoms with van der Waals surface area (Å²) in [4.78, 5) is 17.9. The molecule has 238 valence electrons. The number of benzene rings is 3. The van der Waals surface area contributed by atoms with E-state index in [-0.39, 0.29) is 18.7 Å². The molecule has 3 aromatic carbocycles. The molecule has 0 spiro atoms. The topological polar surface area (TPSA) is 65.0 Å². The van der Waals surface area contributed by atoms with Crippen molar-refractivity contribution in [2.45, 2.75) is 89.8 Å². The minimum absolute atomic E-state index is 0.224. The van der Waals surface area contributed by atoms with Crippen LogP contribution in [-0.2, 0) is 11.3 Å². The molecule has 1 aliphatic heterocycles. The van der Waals surface area contributed by atoms with Crippen LogP contribution in [0.1, 0.15) is 77.2 Å². The van der Waals surface area contributed by atoms with E-state index in [9.17, 15) is 9.90 Å². The minimum atomic E-state index is -0.441. The van der Waals surface area contributed by atoms with Crippen molar-refractivity contribution in [1.82, 2.24) is 9.80 Å². The first-order valence-electron chi connectivity index (χ1n) is 16.8. The number of hydrogen-bond acceptors (Lipinski definition) is 5. The number of aliphatic hydroxyl groups excluding tert-OH is 1. The molecule has 1 aliphatic rings. The summed E-state index contributed by atoms with van der Waals surface area (Å²) in [6, 6.07) is 28.8. The highest BCUT2D eigenvalue weighted by molar-refractivity contribution is 5.91. The lowest BCUT2D eigenvalue weighted by Gasteiger charge is -2.38. The van der Waals surface area contributed by atoms with Gasteiger partial charge >= 0.3 is 6.09 Å². The molecule has 1 heterocycles. The van der Waals surface area contributed by atoms with Crippen LogP contribution in [0.4, 0.5) is 10.5 Å². The highest BCUT2D eigenvalue weighted by Crippen LogP contribution is 2.30. The Balaban J connectivity index is 1.09. The van der Waals surface area contributed by atoms with Crippen LogP contribution in [-0.4, -0.2) is 65.4 Å². The number of piperidine rings is 1. The number of anilines is 1. The smallest absolute Gasteiger partial charge is 0.412 e. The van der Waals surface area contributed by atoms with E-state index in [1.165, 1.54) is 44.1 Å². The van der Waals surface area contributed by atoms with Crippen LogP contribution in [0, 0.1) is 0 Å². The van der Waals surface area contributed by atoms with Gasteiger partial charge in [0, 0.05) is 31.2 Å². The van der Waals surface area contributed by atoms with Gasteiger partial charge < -0.3 is 14.7 Å². The van der Waals surface area contributed by atoms with Gasteiger partial charge in [-0.3, -0.25) is 10.2 Å². The minimum Gasteiger partial charge on any atom is -0.443 e. The number of hydrogen-bond donors (Lipinski definition) is 2. The number of carbonyl (C=O) groups excluding carboxylic acids is 1. The Hall–Kier alpha value is -3.19. The summed E-state index contributed by atoms with van der Waals surface area (Å²) >= 11 is 0. The molecule has 1 atom stereocenters. The SMILES string of the molecule is CC[C@H](CO)N(CCCCCCCCN1CCC(C)(OC(=O)Nc2ccccc2-c2ccccc2)CC1)Cc1ccccc1. The molecule has 1 fully saturated rings. The van der Waals surface area contributed by atoms with Crippen LogP contribution in [0.3, 0.4) is 0 Å². The van der Waals surface area contributed by atoms with Crippen LogP contribution in [0.15, 0.2) is 84.9 Å². The van der Waals surface area contributed by atoms with Gasteiger partial charge in [-0.1, -0.05) is 111 Å². The van der Waals surface area contributed by atoms with Gasteiger partial charge in [0.2, 0.25) is 0 Å². The lowest BCUT2D eigenvalue weighted by molar-refractivity contribution is -0.0163. The maximum atomic E-state index is 12.9. The summed E-state index contributed by atoms with van der Waals surface area (Å²) in [6.07, 6.45) is 9.74. The van der Waals surface area contributed by atoms with Crippen molar-refractivity contribution in [3.8, 4) is 11.1 Å². The van der Waals surface area contributed by atoms with Crippen molar-refractivity contribution in [1.29, 1.82) is 0 Å². The number of nitrogens with zero attached hydrogens (tertiary/aromatic N) is 2. The number of aliphatic hydroxyl groups is 1. The molecular formula is C38H53N3O3. The maximum Gasteiger partial charge on any atom is 0.412 e. The molecule has 44 heavy (non-hydrogen) atoms. The van der Waals surface area contributed by atoms with Crippen molar-refractivity contribution in [2.75, 3.05) is 38.1 Å². The van der Waals surface area contributed by atoms with E-state index >= 15 is 0 Å². The first-order valence-corrected chi connectivity index (χ1v) is 16.8. The van der Waals surface area contributed by atoms with Crippen molar-refractivity contribution in [2.24, 2.45) is 0 Å². The fraction of sp³-hybridized carbons (Fsp3) is 0.500. The second-order valence-corrected chi connectivity index (χ2v) is 12.5. The molecule has 2 N–H and O–H groups in total. The number of rotatable bonds is 17. The predicted molar refractivity (Wildman–Crippen MR) is 182 cm³/mol. The van der Waals surface area contributed by atoms with E-state index in [1.54, 1.807) is 0 Å². The van der Waals surface area contributed by atoms with Crippen LogP contribution < -0.4 is 5.32 Å². The summed E-state index contributed by atoms with van der Waals surface area (Å²) in [5.41, 5.74) is 3.70. The molecule has 6 heteroatoms. The number of unbranched alkanes of at least 4 members (excludes halogenated alkanes) is 5. The van der Waals surface area contributed by atoms with Gasteiger partial charge in [-0.05, 0) is 69.3 Å². The number of nitrogens with one attached hydrogen (secondary N) is 1. The zero-order valence-electron chi connectivity index (χ0n) is 26.9. The van der Waals surface area contributed by atoms with E-state index in [1.807, 2.05) is 54.6 Å². The van der Waals surface area contributed by atoms with Crippen LogP contribution in [0.25, 0.3) is 11.1 Å². The fourth-order valence-electron chi connectivity index (χ4n) is 6.24. The Bertz CT molecular complexity index is 1220. The molecule has 0 aliphatic carbocycles. The average Bonchev–Trinajstić information content (AvgIpc) is 3.04. The van der Waals surface area contributed by atoms with E-state index in [0.29, 0.717) is 0 Å². The molecule has 0 radical (unpaired) electrons. The number of likely N-dealkylation sites (tertiary alicyclic amines) is 1. The lowest BCUT2D eigenvalue weighted by atomic mass is 9.93. The predicted octanol–water partition coefficient (Wildman–Crippen LogP) is 8.37. The van der Waals surface area contributed by atoms with Gasteiger partial charge in [-0.15, -0.1) is 0 Å². The molecule has 0 saturated carbocycles. The average molecular weight is 600 g/mol. The van der Waals surface area contributed by atoms with Crippen LogP contribution in [0.2, 0.25) is 0 Å². The van der Waals surface area contributed by atoms with Crippen LogP contribution in [0.5, 0.6) is 0 Å². The maximum absolute atomic E-state index is 12.9. The molecule has 4 rings (SSSR count). The van der Waals surface area contributed by atoms with Crippen molar-refractivity contribution < 1.29 is 14.6 Å². The zero-order chi connectivity index (χ0) is 31.0. The third-order valence-electron chi connectivity index (χ3n) is 9.10. The molecule has 1 saturated heterocycles. The fourth-order valence-corrected chi connectivity index (χ4v) is 6.24. The molecule has 1 amide bonds. The Morgan fingerprint density at radius 1 is 0.886 bits per heavy atom. The number of ether oxygens (including phenoxy) is 1. The summed E-state index contributed by atoms with van der Waals surface area (Å²) in [7, 11) is 0. The molecule has 0 aromatic heterocycles. The van der Waals surface area contributed by atoms with Gasteiger partial charge in [0.15, 0.2) is 0 Å². The second-order valence-electron chi connectivity index (χ2n) is 12.5. The monoisotopic (exact) mass is 599 g/mol. The highest BCUT2D eigenvalue weighted by atomic mass is 16.6. The summed E-state index contributed by atoms with van der Waals surface area (Å²) < 4.78 is 5.99. The van der Waals surface area contributed by atoms with Gasteiger partial charge in [-0.25, -0.2) is 4.79 Å². The molecular weight excluding hydrogens is 546 g/mol. The van der Waals surface area contributed by atoms with Crippen LogP contribution >= 0.6 is 0 Å². The normalized spacial score (nSPS) is 15.6. The number of para-hydroxylation sites is 1. The number of carbonyl (C=O) groups is 1. The largest absolute Gasteiger partial charge is 0.443 e. The van der Waals surface area contributed by atoms with Gasteiger partial charge in [0.1, 0.15) is 5.60 Å².